The highest BCUT2D eigenvalue weighted by molar-refractivity contribution is 7.98. The lowest BCUT2D eigenvalue weighted by atomic mass is 10.2. The van der Waals surface area contributed by atoms with Crippen molar-refractivity contribution in [3.63, 3.8) is 0 Å². The number of hydrogen-bond acceptors (Lipinski definition) is 7. The number of thioether (sulfide) groups is 1. The summed E-state index contributed by atoms with van der Waals surface area (Å²) < 4.78 is 1.60. The maximum Gasteiger partial charge on any atom is 0.276 e. The van der Waals surface area contributed by atoms with Crippen molar-refractivity contribution in [2.24, 2.45) is 0 Å². The van der Waals surface area contributed by atoms with Crippen LogP contribution < -0.4 is 4.90 Å². The van der Waals surface area contributed by atoms with Gasteiger partial charge in [-0.2, -0.15) is 0 Å². The number of benzene rings is 2. The van der Waals surface area contributed by atoms with Gasteiger partial charge in [0.2, 0.25) is 0 Å². The molecule has 5 rings (SSSR count). The molecule has 0 radical (unpaired) electrons. The molecule has 184 valence electrons. The SMILES string of the molecule is O=C(c1nnn(-c2cc(Cl)cc(Cl)c2)c1CSc1ncccn1)N1CCN(c2ccccc2Cl)CC1. The average Bonchev–Trinajstić information content (AvgIpc) is 3.31. The quantitative estimate of drug-likeness (QED) is 0.235. The van der Waals surface area contributed by atoms with Gasteiger partial charge in [0.25, 0.3) is 5.91 Å². The minimum atomic E-state index is -0.183. The van der Waals surface area contributed by atoms with E-state index in [1.807, 2.05) is 24.3 Å². The predicted octanol–water partition coefficient (Wildman–Crippen LogP) is 5.27. The van der Waals surface area contributed by atoms with Crippen molar-refractivity contribution >= 4 is 58.2 Å². The molecule has 1 aliphatic rings. The van der Waals surface area contributed by atoms with Gasteiger partial charge in [0.15, 0.2) is 10.9 Å². The Labute approximate surface area is 227 Å². The third kappa shape index (κ3) is 5.44. The largest absolute Gasteiger partial charge is 0.367 e. The second-order valence-corrected chi connectivity index (χ2v) is 10.2. The second kappa shape index (κ2) is 11.0. The number of carbonyl (C=O) groups is 1. The van der Waals surface area contributed by atoms with E-state index >= 15 is 0 Å². The smallest absolute Gasteiger partial charge is 0.276 e. The van der Waals surface area contributed by atoms with Crippen LogP contribution in [0, 0.1) is 0 Å². The van der Waals surface area contributed by atoms with Crippen LogP contribution >= 0.6 is 46.6 Å². The first kappa shape index (κ1) is 24.8. The highest BCUT2D eigenvalue weighted by Crippen LogP contribution is 2.29. The number of amides is 1. The zero-order valence-corrected chi connectivity index (χ0v) is 22.0. The highest BCUT2D eigenvalue weighted by Gasteiger charge is 2.29. The van der Waals surface area contributed by atoms with Crippen LogP contribution in [0.5, 0.6) is 0 Å². The molecule has 2 aromatic carbocycles. The third-order valence-electron chi connectivity index (χ3n) is 5.70. The lowest BCUT2D eigenvalue weighted by molar-refractivity contribution is 0.0740. The van der Waals surface area contributed by atoms with E-state index in [0.717, 1.165) is 5.69 Å². The molecule has 1 saturated heterocycles. The number of nitrogens with zero attached hydrogens (tertiary/aromatic N) is 7. The van der Waals surface area contributed by atoms with Gasteiger partial charge in [0.05, 0.1) is 22.1 Å². The summed E-state index contributed by atoms with van der Waals surface area (Å²) in [5.74, 6) is 0.194. The second-order valence-electron chi connectivity index (χ2n) is 7.97. The molecule has 3 heterocycles. The fourth-order valence-electron chi connectivity index (χ4n) is 3.97. The number of aromatic nitrogens is 5. The maximum absolute atomic E-state index is 13.6. The first-order chi connectivity index (χ1) is 17.5. The number of rotatable bonds is 6. The Morgan fingerprint density at radius 3 is 2.31 bits per heavy atom. The minimum Gasteiger partial charge on any atom is -0.367 e. The Morgan fingerprint density at radius 2 is 1.61 bits per heavy atom. The van der Waals surface area contributed by atoms with Crippen molar-refractivity contribution in [1.82, 2.24) is 29.9 Å². The molecule has 0 aliphatic carbocycles. The molecule has 36 heavy (non-hydrogen) atoms. The van der Waals surface area contributed by atoms with Gasteiger partial charge >= 0.3 is 0 Å². The molecule has 0 unspecified atom stereocenters. The van der Waals surface area contributed by atoms with Crippen LogP contribution in [0.3, 0.4) is 0 Å². The summed E-state index contributed by atoms with van der Waals surface area (Å²) in [6, 6.07) is 14.6. The van der Waals surface area contributed by atoms with Crippen LogP contribution in [0.2, 0.25) is 15.1 Å². The number of para-hydroxylation sites is 1. The zero-order chi connectivity index (χ0) is 25.1. The third-order valence-corrected chi connectivity index (χ3v) is 7.34. The minimum absolute atomic E-state index is 0.183. The van der Waals surface area contributed by atoms with Gasteiger partial charge in [-0.15, -0.1) is 5.10 Å². The van der Waals surface area contributed by atoms with E-state index in [1.165, 1.54) is 11.8 Å². The van der Waals surface area contributed by atoms with Gasteiger partial charge in [-0.1, -0.05) is 63.9 Å². The molecule has 0 saturated carbocycles. The zero-order valence-electron chi connectivity index (χ0n) is 18.9. The summed E-state index contributed by atoms with van der Waals surface area (Å²) >= 11 is 20.2. The van der Waals surface area contributed by atoms with Gasteiger partial charge < -0.3 is 9.80 Å². The lowest BCUT2D eigenvalue weighted by Crippen LogP contribution is -2.49. The van der Waals surface area contributed by atoms with Crippen LogP contribution in [0.15, 0.2) is 66.1 Å². The van der Waals surface area contributed by atoms with E-state index < -0.39 is 0 Å². The summed E-state index contributed by atoms with van der Waals surface area (Å²) in [6.07, 6.45) is 3.35. The van der Waals surface area contributed by atoms with Crippen molar-refractivity contribution in [1.29, 1.82) is 0 Å². The molecule has 4 aromatic rings. The summed E-state index contributed by atoms with van der Waals surface area (Å²) in [6.45, 7) is 2.40. The van der Waals surface area contributed by atoms with Gasteiger partial charge in [0.1, 0.15) is 0 Å². The average molecular weight is 561 g/mol. The predicted molar refractivity (Wildman–Crippen MR) is 143 cm³/mol. The van der Waals surface area contributed by atoms with Crippen molar-refractivity contribution in [3.8, 4) is 5.69 Å². The maximum atomic E-state index is 13.6. The molecule has 1 amide bonds. The van der Waals surface area contributed by atoms with Crippen molar-refractivity contribution in [2.45, 2.75) is 10.9 Å². The molecule has 0 atom stereocenters. The molecule has 12 heteroatoms. The van der Waals surface area contributed by atoms with Crippen molar-refractivity contribution in [2.75, 3.05) is 31.1 Å². The first-order valence-corrected chi connectivity index (χ1v) is 13.2. The van der Waals surface area contributed by atoms with Gasteiger partial charge in [-0.3, -0.25) is 4.79 Å². The van der Waals surface area contributed by atoms with Crippen LogP contribution in [0.25, 0.3) is 5.69 Å². The lowest BCUT2D eigenvalue weighted by Gasteiger charge is -2.36. The van der Waals surface area contributed by atoms with E-state index in [9.17, 15) is 4.79 Å². The molecular formula is C24H20Cl3N7OS. The number of carbonyl (C=O) groups excluding carboxylic acids is 1. The Hall–Kier alpha value is -2.85. The molecular weight excluding hydrogens is 541 g/mol. The molecule has 1 aliphatic heterocycles. The normalized spacial score (nSPS) is 13.8. The van der Waals surface area contributed by atoms with Crippen molar-refractivity contribution in [3.05, 3.63) is 87.4 Å². The first-order valence-electron chi connectivity index (χ1n) is 11.1. The van der Waals surface area contributed by atoms with Crippen molar-refractivity contribution < 1.29 is 4.79 Å². The number of anilines is 1. The van der Waals surface area contributed by atoms with Crippen LogP contribution in [0.4, 0.5) is 5.69 Å². The van der Waals surface area contributed by atoms with E-state index in [0.29, 0.717) is 63.5 Å². The van der Waals surface area contributed by atoms with Crippen LogP contribution in [0.1, 0.15) is 16.2 Å². The van der Waals surface area contributed by atoms with Crippen LogP contribution in [-0.2, 0) is 5.75 Å². The fourth-order valence-corrected chi connectivity index (χ4v) is 5.53. The topological polar surface area (TPSA) is 80.0 Å². The number of halogens is 3. The molecule has 0 spiro atoms. The Morgan fingerprint density at radius 1 is 0.917 bits per heavy atom. The molecule has 1 fully saturated rings. The number of piperazine rings is 1. The molecule has 2 aromatic heterocycles. The van der Waals surface area contributed by atoms with Gasteiger partial charge in [0, 0.05) is 54.4 Å². The van der Waals surface area contributed by atoms with E-state index in [-0.39, 0.29) is 11.6 Å². The monoisotopic (exact) mass is 559 g/mol. The summed E-state index contributed by atoms with van der Waals surface area (Å²) in [5.41, 5.74) is 2.48. The Balaban J connectivity index is 1.40. The Kier molecular flexibility index (Phi) is 7.62. The fraction of sp³-hybridized carbons (Fsp3) is 0.208. The summed E-state index contributed by atoms with van der Waals surface area (Å²) in [5, 5.41) is 10.8. The molecule has 8 nitrogen and oxygen atoms in total. The van der Waals surface area contributed by atoms with E-state index in [2.05, 4.69) is 25.2 Å². The molecule has 0 bridgehead atoms. The van der Waals surface area contributed by atoms with Gasteiger partial charge in [-0.05, 0) is 36.4 Å². The summed E-state index contributed by atoms with van der Waals surface area (Å²) in [7, 11) is 0. The summed E-state index contributed by atoms with van der Waals surface area (Å²) in [4.78, 5) is 26.1. The Bertz CT molecular complexity index is 1360. The highest BCUT2D eigenvalue weighted by atomic mass is 35.5. The standard InChI is InChI=1S/C24H20Cl3N7OS/c25-16-12-17(26)14-18(13-16)34-21(15-36-24-28-6-3-7-29-24)22(30-31-34)23(35)33-10-8-32(9-11-33)20-5-2-1-4-19(20)27/h1-7,12-14H,8-11,15H2. The van der Waals surface area contributed by atoms with Crippen LogP contribution in [-0.4, -0.2) is 61.9 Å². The van der Waals surface area contributed by atoms with Gasteiger partial charge in [-0.25, -0.2) is 14.6 Å². The number of hydrogen-bond donors (Lipinski definition) is 0. The molecule has 0 N–H and O–H groups in total. The van der Waals surface area contributed by atoms with E-state index in [4.69, 9.17) is 34.8 Å². The van der Waals surface area contributed by atoms with E-state index in [1.54, 1.807) is 46.2 Å².